The standard InChI is InChI=1S/C19H23ClN2O4S/c1-13(14-6-10-17(26-2)11-7-14)21-19(23)12-18(22-27(3,24)25)15-4-8-16(20)9-5-15/h4-11,13,18,22H,12H2,1-3H3,(H,21,23)/t13-,18+/m0/s1. The van der Waals surface area contributed by atoms with Gasteiger partial charge in [0.25, 0.3) is 0 Å². The summed E-state index contributed by atoms with van der Waals surface area (Å²) >= 11 is 5.89. The van der Waals surface area contributed by atoms with Crippen LogP contribution >= 0.6 is 11.6 Å². The number of carbonyl (C=O) groups is 1. The van der Waals surface area contributed by atoms with E-state index in [2.05, 4.69) is 10.0 Å². The zero-order valence-corrected chi connectivity index (χ0v) is 17.0. The van der Waals surface area contributed by atoms with Gasteiger partial charge in [-0.05, 0) is 42.3 Å². The predicted octanol–water partition coefficient (Wildman–Crippen LogP) is 3.21. The number of nitrogens with one attached hydrogen (secondary N) is 2. The van der Waals surface area contributed by atoms with E-state index in [4.69, 9.17) is 16.3 Å². The van der Waals surface area contributed by atoms with Crippen molar-refractivity contribution in [1.29, 1.82) is 0 Å². The molecule has 0 saturated heterocycles. The van der Waals surface area contributed by atoms with E-state index in [1.54, 1.807) is 31.4 Å². The maximum atomic E-state index is 12.5. The maximum absolute atomic E-state index is 12.5. The average Bonchev–Trinajstić information content (AvgIpc) is 2.60. The highest BCUT2D eigenvalue weighted by molar-refractivity contribution is 7.88. The molecule has 0 bridgehead atoms. The molecule has 2 rings (SSSR count). The normalized spacial score (nSPS) is 13.6. The van der Waals surface area contributed by atoms with Gasteiger partial charge in [-0.2, -0.15) is 0 Å². The second-order valence-electron chi connectivity index (χ2n) is 6.26. The fraction of sp³-hybridized carbons (Fsp3) is 0.316. The number of rotatable bonds is 8. The van der Waals surface area contributed by atoms with Crippen LogP contribution in [0.3, 0.4) is 0 Å². The van der Waals surface area contributed by atoms with E-state index < -0.39 is 16.1 Å². The summed E-state index contributed by atoms with van der Waals surface area (Å²) in [5.74, 6) is 0.465. The minimum Gasteiger partial charge on any atom is -0.497 e. The SMILES string of the molecule is COc1ccc([C@H](C)NC(=O)C[C@@H](NS(C)(=O)=O)c2ccc(Cl)cc2)cc1. The lowest BCUT2D eigenvalue weighted by atomic mass is 10.0. The summed E-state index contributed by atoms with van der Waals surface area (Å²) in [6.45, 7) is 1.86. The van der Waals surface area contributed by atoms with E-state index in [-0.39, 0.29) is 18.4 Å². The van der Waals surface area contributed by atoms with E-state index in [0.717, 1.165) is 17.6 Å². The van der Waals surface area contributed by atoms with Crippen LogP contribution in [0.1, 0.15) is 36.6 Å². The Hall–Kier alpha value is -2.09. The fourth-order valence-corrected chi connectivity index (χ4v) is 3.51. The number of halogens is 1. The van der Waals surface area contributed by atoms with Gasteiger partial charge in [0.15, 0.2) is 0 Å². The Morgan fingerprint density at radius 3 is 2.15 bits per heavy atom. The summed E-state index contributed by atoms with van der Waals surface area (Å²) in [6, 6.07) is 13.2. The van der Waals surface area contributed by atoms with Crippen molar-refractivity contribution < 1.29 is 17.9 Å². The summed E-state index contributed by atoms with van der Waals surface area (Å²) in [6.07, 6.45) is 1.03. The molecule has 0 unspecified atom stereocenters. The third-order valence-corrected chi connectivity index (χ3v) is 4.98. The van der Waals surface area contributed by atoms with Gasteiger partial charge >= 0.3 is 0 Å². The van der Waals surface area contributed by atoms with Gasteiger partial charge in [0.05, 0.1) is 25.4 Å². The van der Waals surface area contributed by atoms with Crippen LogP contribution < -0.4 is 14.8 Å². The van der Waals surface area contributed by atoms with Gasteiger partial charge in [-0.15, -0.1) is 0 Å². The van der Waals surface area contributed by atoms with Crippen molar-refractivity contribution in [3.63, 3.8) is 0 Å². The summed E-state index contributed by atoms with van der Waals surface area (Å²) in [7, 11) is -1.90. The zero-order valence-electron chi connectivity index (χ0n) is 15.4. The Balaban J connectivity index is 2.08. The number of hydrogen-bond acceptors (Lipinski definition) is 4. The van der Waals surface area contributed by atoms with E-state index in [0.29, 0.717) is 10.6 Å². The van der Waals surface area contributed by atoms with E-state index in [1.807, 2.05) is 31.2 Å². The number of carbonyl (C=O) groups excluding carboxylic acids is 1. The van der Waals surface area contributed by atoms with Gasteiger partial charge in [0.1, 0.15) is 5.75 Å². The summed E-state index contributed by atoms with van der Waals surface area (Å²) < 4.78 is 31.0. The first-order chi connectivity index (χ1) is 12.7. The molecule has 1 amide bonds. The van der Waals surface area contributed by atoms with Crippen LogP contribution in [-0.4, -0.2) is 27.7 Å². The lowest BCUT2D eigenvalue weighted by molar-refractivity contribution is -0.122. The van der Waals surface area contributed by atoms with Gasteiger partial charge in [0.2, 0.25) is 15.9 Å². The van der Waals surface area contributed by atoms with Crippen molar-refractivity contribution in [3.8, 4) is 5.75 Å². The van der Waals surface area contributed by atoms with Gasteiger partial charge in [-0.1, -0.05) is 35.9 Å². The molecular formula is C19H23ClN2O4S. The number of sulfonamides is 1. The monoisotopic (exact) mass is 410 g/mol. The van der Waals surface area contributed by atoms with Crippen LogP contribution in [0.25, 0.3) is 0 Å². The molecule has 0 radical (unpaired) electrons. The molecule has 2 aromatic rings. The minimum absolute atomic E-state index is 0.0325. The predicted molar refractivity (Wildman–Crippen MR) is 106 cm³/mol. The number of ether oxygens (including phenoxy) is 1. The average molecular weight is 411 g/mol. The van der Waals surface area contributed by atoms with E-state index >= 15 is 0 Å². The molecule has 0 aliphatic rings. The Bertz CT molecular complexity index is 868. The molecule has 0 saturated carbocycles. The molecule has 6 nitrogen and oxygen atoms in total. The number of methoxy groups -OCH3 is 1. The molecule has 8 heteroatoms. The quantitative estimate of drug-likeness (QED) is 0.699. The van der Waals surface area contributed by atoms with Crippen LogP contribution in [0.5, 0.6) is 5.75 Å². The third-order valence-electron chi connectivity index (χ3n) is 4.01. The summed E-state index contributed by atoms with van der Waals surface area (Å²) in [4.78, 5) is 12.5. The molecule has 0 aromatic heterocycles. The molecule has 0 spiro atoms. The molecule has 27 heavy (non-hydrogen) atoms. The van der Waals surface area contributed by atoms with Gasteiger partial charge in [0, 0.05) is 11.4 Å². The van der Waals surface area contributed by atoms with Gasteiger partial charge < -0.3 is 10.1 Å². The number of amides is 1. The molecule has 0 heterocycles. The highest BCUT2D eigenvalue weighted by Crippen LogP contribution is 2.22. The Morgan fingerprint density at radius 2 is 1.63 bits per heavy atom. The highest BCUT2D eigenvalue weighted by Gasteiger charge is 2.21. The number of hydrogen-bond donors (Lipinski definition) is 2. The first-order valence-electron chi connectivity index (χ1n) is 8.34. The Labute approximate surface area is 164 Å². The molecular weight excluding hydrogens is 388 g/mol. The van der Waals surface area contributed by atoms with Crippen LogP contribution in [0.2, 0.25) is 5.02 Å². The first kappa shape index (κ1) is 21.2. The van der Waals surface area contributed by atoms with Crippen LogP contribution in [-0.2, 0) is 14.8 Å². The second kappa shape index (κ2) is 9.21. The largest absolute Gasteiger partial charge is 0.497 e. The number of benzene rings is 2. The van der Waals surface area contributed by atoms with Crippen molar-refractivity contribution in [2.75, 3.05) is 13.4 Å². The Morgan fingerprint density at radius 1 is 1.07 bits per heavy atom. The van der Waals surface area contributed by atoms with Crippen molar-refractivity contribution in [3.05, 3.63) is 64.7 Å². The second-order valence-corrected chi connectivity index (χ2v) is 8.48. The molecule has 2 aromatic carbocycles. The van der Waals surface area contributed by atoms with Crippen molar-refractivity contribution in [1.82, 2.24) is 10.0 Å². The minimum atomic E-state index is -3.49. The van der Waals surface area contributed by atoms with Crippen LogP contribution in [0.15, 0.2) is 48.5 Å². The van der Waals surface area contributed by atoms with E-state index in [9.17, 15) is 13.2 Å². The molecule has 0 aliphatic heterocycles. The molecule has 146 valence electrons. The van der Waals surface area contributed by atoms with Crippen molar-refractivity contribution in [2.45, 2.75) is 25.4 Å². The first-order valence-corrected chi connectivity index (χ1v) is 10.6. The lowest BCUT2D eigenvalue weighted by Crippen LogP contribution is -2.34. The van der Waals surface area contributed by atoms with Gasteiger partial charge in [-0.3, -0.25) is 4.79 Å². The van der Waals surface area contributed by atoms with Crippen LogP contribution in [0, 0.1) is 0 Å². The van der Waals surface area contributed by atoms with Crippen molar-refractivity contribution >= 4 is 27.5 Å². The van der Waals surface area contributed by atoms with Crippen molar-refractivity contribution in [2.24, 2.45) is 0 Å². The summed E-state index contributed by atoms with van der Waals surface area (Å²) in [5, 5.41) is 3.43. The fourth-order valence-electron chi connectivity index (χ4n) is 2.64. The maximum Gasteiger partial charge on any atom is 0.222 e. The zero-order chi connectivity index (χ0) is 20.0. The molecule has 0 aliphatic carbocycles. The lowest BCUT2D eigenvalue weighted by Gasteiger charge is -2.20. The molecule has 0 fully saturated rings. The molecule has 2 atom stereocenters. The third kappa shape index (κ3) is 6.86. The topological polar surface area (TPSA) is 84.5 Å². The Kier molecular flexibility index (Phi) is 7.24. The molecule has 2 N–H and O–H groups in total. The smallest absolute Gasteiger partial charge is 0.222 e. The summed E-state index contributed by atoms with van der Waals surface area (Å²) in [5.41, 5.74) is 1.58. The van der Waals surface area contributed by atoms with E-state index in [1.165, 1.54) is 0 Å². The van der Waals surface area contributed by atoms with Crippen LogP contribution in [0.4, 0.5) is 0 Å². The highest BCUT2D eigenvalue weighted by atomic mass is 35.5. The van der Waals surface area contributed by atoms with Gasteiger partial charge in [-0.25, -0.2) is 13.1 Å².